The second-order valence-corrected chi connectivity index (χ2v) is 5.30. The maximum atomic E-state index is 4.20. The van der Waals surface area contributed by atoms with Crippen molar-refractivity contribution in [3.63, 3.8) is 0 Å². The largest absolute Gasteiger partial charge is 0.361 e. The van der Waals surface area contributed by atoms with Crippen LogP contribution in [0, 0.1) is 0 Å². The molecule has 3 nitrogen and oxygen atoms in total. The first-order chi connectivity index (χ1) is 10.9. The Kier molecular flexibility index (Phi) is 3.16. The van der Waals surface area contributed by atoms with Crippen LogP contribution in [0.5, 0.6) is 0 Å². The Bertz CT molecular complexity index is 913. The van der Waals surface area contributed by atoms with Crippen LogP contribution < -0.4 is 0 Å². The van der Waals surface area contributed by atoms with Gasteiger partial charge in [-0.25, -0.2) is 0 Å². The fraction of sp³-hybridized carbons (Fsp3) is 0.0526. The summed E-state index contributed by atoms with van der Waals surface area (Å²) in [6.07, 6.45) is 8.74. The maximum absolute atomic E-state index is 4.20. The van der Waals surface area contributed by atoms with Crippen molar-refractivity contribution in [1.29, 1.82) is 0 Å². The molecule has 0 unspecified atom stereocenters. The highest BCUT2D eigenvalue weighted by Gasteiger charge is 2.10. The highest BCUT2D eigenvalue weighted by molar-refractivity contribution is 6.11. The minimum Gasteiger partial charge on any atom is -0.361 e. The van der Waals surface area contributed by atoms with Gasteiger partial charge in [-0.1, -0.05) is 48.5 Å². The summed E-state index contributed by atoms with van der Waals surface area (Å²) in [5, 5.41) is 9.54. The summed E-state index contributed by atoms with van der Waals surface area (Å²) in [7, 11) is 0. The molecule has 0 spiro atoms. The number of rotatable bonds is 3. The van der Waals surface area contributed by atoms with E-state index in [-0.39, 0.29) is 0 Å². The molecule has 1 heterocycles. The van der Waals surface area contributed by atoms with Crippen LogP contribution in [0.4, 0.5) is 0 Å². The van der Waals surface area contributed by atoms with Crippen molar-refractivity contribution in [3.8, 4) is 0 Å². The zero-order valence-corrected chi connectivity index (χ0v) is 12.0. The second-order valence-electron chi connectivity index (χ2n) is 5.30. The van der Waals surface area contributed by atoms with Gasteiger partial charge in [-0.15, -0.1) is 0 Å². The Morgan fingerprint density at radius 1 is 0.909 bits per heavy atom. The Hall–Kier alpha value is -2.94. The molecule has 1 aliphatic carbocycles. The van der Waals surface area contributed by atoms with Crippen molar-refractivity contribution in [1.82, 2.24) is 4.98 Å². The summed E-state index contributed by atoms with van der Waals surface area (Å²) in [5.74, 6) is 0. The molecule has 0 atom stereocenters. The molecule has 4 rings (SSSR count). The van der Waals surface area contributed by atoms with Gasteiger partial charge in [-0.05, 0) is 29.2 Å². The number of para-hydroxylation sites is 1. The van der Waals surface area contributed by atoms with Crippen LogP contribution in [-0.4, -0.2) is 17.4 Å². The molecule has 1 N–H and O–H groups in total. The third-order valence-corrected chi connectivity index (χ3v) is 3.95. The van der Waals surface area contributed by atoms with Crippen LogP contribution in [0.1, 0.15) is 16.7 Å². The van der Waals surface area contributed by atoms with Gasteiger partial charge in [0.05, 0.1) is 12.4 Å². The molecule has 22 heavy (non-hydrogen) atoms. The fourth-order valence-electron chi connectivity index (χ4n) is 2.82. The number of aromatic nitrogens is 1. The lowest BCUT2D eigenvalue weighted by Crippen LogP contribution is -1.84. The van der Waals surface area contributed by atoms with Crippen molar-refractivity contribution >= 4 is 28.9 Å². The number of H-pyrrole nitrogens is 1. The summed E-state index contributed by atoms with van der Waals surface area (Å²) >= 11 is 0. The van der Waals surface area contributed by atoms with Crippen LogP contribution in [0.15, 0.2) is 71.0 Å². The third kappa shape index (κ3) is 2.27. The molecule has 0 bridgehead atoms. The van der Waals surface area contributed by atoms with Gasteiger partial charge in [-0.2, -0.15) is 10.2 Å². The van der Waals surface area contributed by atoms with Gasteiger partial charge < -0.3 is 4.98 Å². The minimum absolute atomic E-state index is 0.976. The van der Waals surface area contributed by atoms with Gasteiger partial charge in [0.15, 0.2) is 0 Å². The Morgan fingerprint density at radius 2 is 1.73 bits per heavy atom. The third-order valence-electron chi connectivity index (χ3n) is 3.95. The first kappa shape index (κ1) is 12.8. The average molecular weight is 285 g/mol. The van der Waals surface area contributed by atoms with Crippen LogP contribution >= 0.6 is 0 Å². The second kappa shape index (κ2) is 5.45. The van der Waals surface area contributed by atoms with Gasteiger partial charge in [0.2, 0.25) is 0 Å². The lowest BCUT2D eigenvalue weighted by atomic mass is 10.1. The molecule has 3 aromatic rings. The van der Waals surface area contributed by atoms with Crippen molar-refractivity contribution in [2.24, 2.45) is 10.2 Å². The van der Waals surface area contributed by atoms with Crippen LogP contribution in [0.3, 0.4) is 0 Å². The Balaban J connectivity index is 1.53. The lowest BCUT2D eigenvalue weighted by molar-refractivity contribution is 1.27. The number of hydrogen-bond acceptors (Lipinski definition) is 2. The molecule has 0 aliphatic heterocycles. The first-order valence-electron chi connectivity index (χ1n) is 7.33. The number of fused-ring (bicyclic) bond motifs is 2. The van der Waals surface area contributed by atoms with E-state index in [0.29, 0.717) is 0 Å². The number of aromatic amines is 1. The lowest BCUT2D eigenvalue weighted by Gasteiger charge is -1.98. The molecule has 0 radical (unpaired) electrons. The van der Waals surface area contributed by atoms with Crippen LogP contribution in [0.25, 0.3) is 16.5 Å². The molecular formula is C19H15N3. The Labute approximate surface area is 128 Å². The van der Waals surface area contributed by atoms with Gasteiger partial charge in [-0.3, -0.25) is 0 Å². The SMILES string of the molecule is C1=C(/C=N/N=C/c2c[nH]c3ccccc23)c2ccccc2C1. The molecule has 1 aromatic heterocycles. The minimum atomic E-state index is 0.976. The van der Waals surface area contributed by atoms with E-state index in [4.69, 9.17) is 0 Å². The summed E-state index contributed by atoms with van der Waals surface area (Å²) in [6, 6.07) is 16.6. The van der Waals surface area contributed by atoms with Crippen LogP contribution in [-0.2, 0) is 6.42 Å². The molecule has 3 heteroatoms. The monoisotopic (exact) mass is 285 g/mol. The van der Waals surface area contributed by atoms with E-state index in [0.717, 1.165) is 28.5 Å². The van der Waals surface area contributed by atoms with E-state index >= 15 is 0 Å². The van der Waals surface area contributed by atoms with Crippen LogP contribution in [0.2, 0.25) is 0 Å². The van der Waals surface area contributed by atoms with Gasteiger partial charge in [0.25, 0.3) is 0 Å². The summed E-state index contributed by atoms with van der Waals surface area (Å²) in [5.41, 5.74) is 5.92. The normalized spacial score (nSPS) is 14.1. The van der Waals surface area contributed by atoms with E-state index in [1.807, 2.05) is 24.5 Å². The summed E-state index contributed by atoms with van der Waals surface area (Å²) < 4.78 is 0. The molecule has 0 saturated carbocycles. The smallest absolute Gasteiger partial charge is 0.0589 e. The number of nitrogens with zero attached hydrogens (tertiary/aromatic N) is 2. The topological polar surface area (TPSA) is 40.5 Å². The van der Waals surface area contributed by atoms with E-state index in [1.54, 1.807) is 6.21 Å². The Morgan fingerprint density at radius 3 is 2.73 bits per heavy atom. The van der Waals surface area contributed by atoms with E-state index in [9.17, 15) is 0 Å². The quantitative estimate of drug-likeness (QED) is 0.553. The molecule has 1 aliphatic rings. The van der Waals surface area contributed by atoms with E-state index in [1.165, 1.54) is 11.1 Å². The number of benzene rings is 2. The van der Waals surface area contributed by atoms with Gasteiger partial charge in [0, 0.05) is 22.7 Å². The molecule has 0 saturated heterocycles. The summed E-state index contributed by atoms with van der Waals surface area (Å²) in [4.78, 5) is 3.23. The maximum Gasteiger partial charge on any atom is 0.0589 e. The van der Waals surface area contributed by atoms with Crippen molar-refractivity contribution in [2.75, 3.05) is 0 Å². The molecular weight excluding hydrogens is 270 g/mol. The highest BCUT2D eigenvalue weighted by Crippen LogP contribution is 2.25. The molecule has 2 aromatic carbocycles. The predicted molar refractivity (Wildman–Crippen MR) is 92.5 cm³/mol. The predicted octanol–water partition coefficient (Wildman–Crippen LogP) is 4.21. The summed E-state index contributed by atoms with van der Waals surface area (Å²) in [6.45, 7) is 0. The molecule has 106 valence electrons. The van der Waals surface area contributed by atoms with Gasteiger partial charge >= 0.3 is 0 Å². The highest BCUT2D eigenvalue weighted by atomic mass is 15.2. The van der Waals surface area contributed by atoms with E-state index < -0.39 is 0 Å². The number of nitrogens with one attached hydrogen (secondary N) is 1. The van der Waals surface area contributed by atoms with Crippen molar-refractivity contribution < 1.29 is 0 Å². The fourth-order valence-corrected chi connectivity index (χ4v) is 2.82. The number of allylic oxidation sites excluding steroid dienone is 2. The standard InChI is InChI=1S/C19H15N3/c1-2-6-17-14(5-1)9-10-15(17)12-21-22-13-16-11-20-19-8-4-3-7-18(16)19/h1-8,10-13,20H,9H2/b21-12+,22-13+. The van der Waals surface area contributed by atoms with Gasteiger partial charge in [0.1, 0.15) is 0 Å². The first-order valence-corrected chi connectivity index (χ1v) is 7.33. The zero-order valence-electron chi connectivity index (χ0n) is 12.0. The van der Waals surface area contributed by atoms with Crippen molar-refractivity contribution in [2.45, 2.75) is 6.42 Å². The number of hydrogen-bond donors (Lipinski definition) is 1. The van der Waals surface area contributed by atoms with E-state index in [2.05, 4.69) is 57.7 Å². The zero-order chi connectivity index (χ0) is 14.8. The molecule has 0 amide bonds. The average Bonchev–Trinajstić information content (AvgIpc) is 3.16. The molecule has 0 fully saturated rings. The van der Waals surface area contributed by atoms with Crippen molar-refractivity contribution in [3.05, 3.63) is 77.5 Å².